The molecular weight excluding hydrogens is 306 g/mol. The van der Waals surface area contributed by atoms with Crippen LogP contribution in [0.3, 0.4) is 0 Å². The van der Waals surface area contributed by atoms with Crippen molar-refractivity contribution in [2.75, 3.05) is 32.4 Å². The average Bonchev–Trinajstić information content (AvgIpc) is 3.23. The van der Waals surface area contributed by atoms with Gasteiger partial charge < -0.3 is 10.2 Å². The molecule has 0 bridgehead atoms. The maximum atomic E-state index is 12.0. The number of hydrogen-bond donors (Lipinski definition) is 1. The van der Waals surface area contributed by atoms with E-state index in [1.165, 1.54) is 16.3 Å². The zero-order valence-corrected chi connectivity index (χ0v) is 13.6. The van der Waals surface area contributed by atoms with Crippen molar-refractivity contribution in [3.05, 3.63) is 12.7 Å². The zero-order chi connectivity index (χ0) is 16.3. The highest BCUT2D eigenvalue weighted by Crippen LogP contribution is 2.33. The highest BCUT2D eigenvalue weighted by atomic mass is 32.2. The van der Waals surface area contributed by atoms with Gasteiger partial charge in [0, 0.05) is 26.2 Å². The molecule has 0 aromatic rings. The van der Waals surface area contributed by atoms with E-state index in [-0.39, 0.29) is 30.2 Å². The van der Waals surface area contributed by atoms with Gasteiger partial charge in [-0.2, -0.15) is 4.31 Å². The Kier molecular flexibility index (Phi) is 5.23. The molecule has 1 heterocycles. The number of hydrogen-bond acceptors (Lipinski definition) is 4. The smallest absolute Gasteiger partial charge is 0.246 e. The van der Waals surface area contributed by atoms with E-state index < -0.39 is 10.0 Å². The molecule has 2 fully saturated rings. The average molecular weight is 329 g/mol. The third kappa shape index (κ3) is 4.30. The second kappa shape index (κ2) is 6.78. The molecule has 0 radical (unpaired) electrons. The lowest BCUT2D eigenvalue weighted by atomic mass is 10.2. The van der Waals surface area contributed by atoms with Crippen LogP contribution in [0.25, 0.3) is 0 Å². The first kappa shape index (κ1) is 17.0. The van der Waals surface area contributed by atoms with E-state index in [1.807, 2.05) is 0 Å². The fourth-order valence-corrected chi connectivity index (χ4v) is 4.18. The number of carbonyl (C=O) groups is 2. The van der Waals surface area contributed by atoms with Gasteiger partial charge in [0.2, 0.25) is 21.8 Å². The first-order chi connectivity index (χ1) is 10.3. The van der Waals surface area contributed by atoms with Crippen molar-refractivity contribution < 1.29 is 18.0 Å². The van der Waals surface area contributed by atoms with Gasteiger partial charge in [0.25, 0.3) is 0 Å². The van der Waals surface area contributed by atoms with Gasteiger partial charge in [-0.05, 0) is 31.3 Å². The molecule has 1 aliphatic carbocycles. The maximum absolute atomic E-state index is 12.0. The summed E-state index contributed by atoms with van der Waals surface area (Å²) in [5.74, 6) is -0.0684. The monoisotopic (exact) mass is 329 g/mol. The van der Waals surface area contributed by atoms with E-state index in [0.717, 1.165) is 18.9 Å². The third-order valence-corrected chi connectivity index (χ3v) is 6.00. The maximum Gasteiger partial charge on any atom is 0.246 e. The lowest BCUT2D eigenvalue weighted by Crippen LogP contribution is -2.48. The van der Waals surface area contributed by atoms with Crippen molar-refractivity contribution in [1.82, 2.24) is 14.5 Å². The minimum Gasteiger partial charge on any atom is -0.350 e. The standard InChI is InChI=1S/C14H23N3O4S/c1-3-14(19)16(2)10-13(18)15-12(11-5-6-11)9-17-7-4-8-22(17,20)21/h3,11-12H,1,4-10H2,2H3,(H,15,18). The Morgan fingerprint density at radius 1 is 1.45 bits per heavy atom. The van der Waals surface area contributed by atoms with Gasteiger partial charge in [-0.25, -0.2) is 8.42 Å². The minimum atomic E-state index is -3.16. The van der Waals surface area contributed by atoms with Crippen molar-refractivity contribution in [1.29, 1.82) is 0 Å². The summed E-state index contributed by atoms with van der Waals surface area (Å²) >= 11 is 0. The van der Waals surface area contributed by atoms with Crippen molar-refractivity contribution >= 4 is 21.8 Å². The topological polar surface area (TPSA) is 86.8 Å². The van der Waals surface area contributed by atoms with E-state index >= 15 is 0 Å². The van der Waals surface area contributed by atoms with Gasteiger partial charge in [-0.15, -0.1) is 0 Å². The van der Waals surface area contributed by atoms with Crippen LogP contribution in [0.1, 0.15) is 19.3 Å². The summed E-state index contributed by atoms with van der Waals surface area (Å²) in [6.07, 6.45) is 3.80. The predicted octanol–water partition coefficient (Wildman–Crippen LogP) is -0.439. The van der Waals surface area contributed by atoms with E-state index in [1.54, 1.807) is 0 Å². The van der Waals surface area contributed by atoms with Crippen LogP contribution in [0, 0.1) is 5.92 Å². The minimum absolute atomic E-state index is 0.0547. The van der Waals surface area contributed by atoms with Gasteiger partial charge in [0.15, 0.2) is 0 Å². The van der Waals surface area contributed by atoms with E-state index in [9.17, 15) is 18.0 Å². The van der Waals surface area contributed by atoms with Crippen LogP contribution >= 0.6 is 0 Å². The number of nitrogens with one attached hydrogen (secondary N) is 1. The van der Waals surface area contributed by atoms with Crippen molar-refractivity contribution in [3.8, 4) is 0 Å². The summed E-state index contributed by atoms with van der Waals surface area (Å²) in [6, 6.07) is -0.174. The first-order valence-electron chi connectivity index (χ1n) is 7.48. The van der Waals surface area contributed by atoms with Crippen molar-refractivity contribution in [2.45, 2.75) is 25.3 Å². The first-order valence-corrected chi connectivity index (χ1v) is 9.09. The summed E-state index contributed by atoms with van der Waals surface area (Å²) in [5, 5.41) is 2.88. The third-order valence-electron chi connectivity index (χ3n) is 4.07. The highest BCUT2D eigenvalue weighted by molar-refractivity contribution is 7.89. The molecule has 1 saturated carbocycles. The molecule has 0 aromatic heterocycles. The highest BCUT2D eigenvalue weighted by Gasteiger charge is 2.37. The summed E-state index contributed by atoms with van der Waals surface area (Å²) in [6.45, 7) is 4.18. The summed E-state index contributed by atoms with van der Waals surface area (Å²) in [5.41, 5.74) is 0. The lowest BCUT2D eigenvalue weighted by molar-refractivity contribution is -0.131. The van der Waals surface area contributed by atoms with E-state index in [2.05, 4.69) is 11.9 Å². The Morgan fingerprint density at radius 2 is 2.14 bits per heavy atom. The van der Waals surface area contributed by atoms with Gasteiger partial charge in [-0.1, -0.05) is 6.58 Å². The second-order valence-electron chi connectivity index (χ2n) is 5.94. The number of amides is 2. The summed E-state index contributed by atoms with van der Waals surface area (Å²) < 4.78 is 25.2. The molecule has 1 aliphatic heterocycles. The molecule has 0 spiro atoms. The van der Waals surface area contributed by atoms with E-state index in [0.29, 0.717) is 25.4 Å². The number of rotatable bonds is 7. The van der Waals surface area contributed by atoms with Crippen LogP contribution in [0.4, 0.5) is 0 Å². The second-order valence-corrected chi connectivity index (χ2v) is 8.03. The van der Waals surface area contributed by atoms with Crippen LogP contribution in [-0.2, 0) is 19.6 Å². The lowest BCUT2D eigenvalue weighted by Gasteiger charge is -2.25. The van der Waals surface area contributed by atoms with Crippen LogP contribution < -0.4 is 5.32 Å². The number of likely N-dealkylation sites (N-methyl/N-ethyl adjacent to an activating group) is 1. The number of sulfonamides is 1. The van der Waals surface area contributed by atoms with Crippen LogP contribution in [-0.4, -0.2) is 67.9 Å². The molecule has 1 unspecified atom stereocenters. The molecule has 124 valence electrons. The predicted molar refractivity (Wildman–Crippen MR) is 82.5 cm³/mol. The van der Waals surface area contributed by atoms with Crippen LogP contribution in [0.15, 0.2) is 12.7 Å². The Morgan fingerprint density at radius 3 is 2.64 bits per heavy atom. The SMILES string of the molecule is C=CC(=O)N(C)CC(=O)NC(CN1CCCS1(=O)=O)C1CC1. The molecule has 1 N–H and O–H groups in total. The quantitative estimate of drug-likeness (QED) is 0.642. The molecule has 1 saturated heterocycles. The van der Waals surface area contributed by atoms with Gasteiger partial charge in [0.05, 0.1) is 12.3 Å². The molecule has 0 aromatic carbocycles. The van der Waals surface area contributed by atoms with Crippen molar-refractivity contribution in [2.24, 2.45) is 5.92 Å². The largest absolute Gasteiger partial charge is 0.350 e. The van der Waals surface area contributed by atoms with Gasteiger partial charge in [0.1, 0.15) is 0 Å². The Hall–Kier alpha value is -1.41. The van der Waals surface area contributed by atoms with Crippen LogP contribution in [0.5, 0.6) is 0 Å². The molecule has 1 atom stereocenters. The van der Waals surface area contributed by atoms with E-state index in [4.69, 9.17) is 0 Å². The molecular formula is C14H23N3O4S. The molecule has 7 nitrogen and oxygen atoms in total. The molecule has 22 heavy (non-hydrogen) atoms. The van der Waals surface area contributed by atoms with Gasteiger partial charge >= 0.3 is 0 Å². The Bertz CT molecular complexity index is 556. The Labute approximate surface area is 131 Å². The zero-order valence-electron chi connectivity index (χ0n) is 12.8. The molecule has 2 amide bonds. The number of carbonyl (C=O) groups excluding carboxylic acids is 2. The van der Waals surface area contributed by atoms with Gasteiger partial charge in [-0.3, -0.25) is 9.59 Å². The fraction of sp³-hybridized carbons (Fsp3) is 0.714. The summed E-state index contributed by atoms with van der Waals surface area (Å²) in [4.78, 5) is 24.7. The molecule has 8 heteroatoms. The fourth-order valence-electron chi connectivity index (χ4n) is 2.63. The normalized spacial score (nSPS) is 22.0. The van der Waals surface area contributed by atoms with Crippen LogP contribution in [0.2, 0.25) is 0 Å². The molecule has 2 rings (SSSR count). The molecule has 2 aliphatic rings. The summed E-state index contributed by atoms with van der Waals surface area (Å²) in [7, 11) is -1.63. The van der Waals surface area contributed by atoms with Crippen molar-refractivity contribution in [3.63, 3.8) is 0 Å². The number of nitrogens with zero attached hydrogens (tertiary/aromatic N) is 2. The Balaban J connectivity index is 1.90.